The smallest absolute Gasteiger partial charge is 0.236 e. The second kappa shape index (κ2) is 8.18. The molecule has 4 aromatic rings. The number of hydrogen-bond donors (Lipinski definition) is 1. The van der Waals surface area contributed by atoms with Gasteiger partial charge in [0.05, 0.1) is 22.7 Å². The number of sulfonamides is 1. The molecule has 0 saturated heterocycles. The van der Waals surface area contributed by atoms with Gasteiger partial charge in [-0.1, -0.05) is 59.3 Å². The molecule has 0 aliphatic heterocycles. The number of anilines is 1. The molecule has 1 N–H and O–H groups in total. The van der Waals surface area contributed by atoms with Gasteiger partial charge in [0, 0.05) is 0 Å². The lowest BCUT2D eigenvalue weighted by atomic mass is 10.1. The van der Waals surface area contributed by atoms with Gasteiger partial charge in [-0.2, -0.15) is 4.98 Å². The van der Waals surface area contributed by atoms with Gasteiger partial charge in [-0.15, -0.1) is 11.3 Å². The highest BCUT2D eigenvalue weighted by Gasteiger charge is 2.16. The van der Waals surface area contributed by atoms with Crippen LogP contribution in [0.1, 0.15) is 22.6 Å². The minimum atomic E-state index is -3.56. The number of nitrogens with one attached hydrogen (secondary N) is 1. The number of para-hydroxylation sites is 1. The van der Waals surface area contributed by atoms with Crippen molar-refractivity contribution in [2.75, 3.05) is 4.72 Å². The van der Waals surface area contributed by atoms with Crippen LogP contribution in [0.4, 0.5) is 5.69 Å². The number of nitrogens with zero attached hydrogens (tertiary/aromatic N) is 2. The Hall–Kier alpha value is -2.97. The highest BCUT2D eigenvalue weighted by molar-refractivity contribution is 7.91. The zero-order chi connectivity index (χ0) is 20.3. The molecule has 0 radical (unpaired) electrons. The number of benzene rings is 2. The molecular weight excluding hydrogens is 406 g/mol. The van der Waals surface area contributed by atoms with E-state index in [0.717, 1.165) is 21.6 Å². The molecule has 0 spiro atoms. The monoisotopic (exact) mass is 425 g/mol. The third-order valence-electron chi connectivity index (χ3n) is 4.31. The molecule has 4 rings (SSSR count). The van der Waals surface area contributed by atoms with Gasteiger partial charge < -0.3 is 4.52 Å². The van der Waals surface area contributed by atoms with E-state index in [1.165, 1.54) is 11.3 Å². The number of aromatic nitrogens is 2. The van der Waals surface area contributed by atoms with Crippen molar-refractivity contribution in [1.82, 2.24) is 10.1 Å². The molecule has 6 nitrogen and oxygen atoms in total. The lowest BCUT2D eigenvalue weighted by molar-refractivity contribution is 0.386. The third-order valence-corrected chi connectivity index (χ3v) is 6.42. The highest BCUT2D eigenvalue weighted by Crippen LogP contribution is 2.24. The van der Waals surface area contributed by atoms with Gasteiger partial charge in [0.15, 0.2) is 0 Å². The molecule has 0 aliphatic rings. The fraction of sp³-hybridized carbons (Fsp3) is 0.143. The van der Waals surface area contributed by atoms with Crippen molar-refractivity contribution in [3.8, 4) is 10.7 Å². The zero-order valence-corrected chi connectivity index (χ0v) is 17.3. The van der Waals surface area contributed by atoms with Crippen molar-refractivity contribution in [3.63, 3.8) is 0 Å². The van der Waals surface area contributed by atoms with Crippen LogP contribution in [-0.2, 0) is 22.2 Å². The van der Waals surface area contributed by atoms with Gasteiger partial charge >= 0.3 is 0 Å². The van der Waals surface area contributed by atoms with Crippen molar-refractivity contribution < 1.29 is 12.9 Å². The van der Waals surface area contributed by atoms with Crippen LogP contribution in [0.3, 0.4) is 0 Å². The van der Waals surface area contributed by atoms with E-state index >= 15 is 0 Å². The summed E-state index contributed by atoms with van der Waals surface area (Å²) < 4.78 is 33.4. The molecule has 2 aromatic heterocycles. The molecule has 0 amide bonds. The summed E-state index contributed by atoms with van der Waals surface area (Å²) in [6, 6.07) is 18.5. The molecule has 8 heteroatoms. The Morgan fingerprint density at radius 3 is 2.59 bits per heavy atom. The first-order valence-corrected chi connectivity index (χ1v) is 11.5. The van der Waals surface area contributed by atoms with Gasteiger partial charge in [0.25, 0.3) is 0 Å². The van der Waals surface area contributed by atoms with E-state index in [9.17, 15) is 8.42 Å². The van der Waals surface area contributed by atoms with Crippen LogP contribution in [-0.4, -0.2) is 18.6 Å². The lowest BCUT2D eigenvalue weighted by Gasteiger charge is -2.12. The number of aryl methyl sites for hydroxylation is 1. The van der Waals surface area contributed by atoms with E-state index in [1.807, 2.05) is 60.8 Å². The average molecular weight is 426 g/mol. The first-order valence-electron chi connectivity index (χ1n) is 8.99. The molecule has 2 heterocycles. The van der Waals surface area contributed by atoms with Crippen LogP contribution in [0.15, 0.2) is 70.6 Å². The zero-order valence-electron chi connectivity index (χ0n) is 15.7. The molecule has 0 bridgehead atoms. The van der Waals surface area contributed by atoms with Gasteiger partial charge in [-0.05, 0) is 35.6 Å². The van der Waals surface area contributed by atoms with Crippen LogP contribution in [0.5, 0.6) is 0 Å². The summed E-state index contributed by atoms with van der Waals surface area (Å²) in [7, 11) is -3.56. The number of rotatable bonds is 7. The summed E-state index contributed by atoms with van der Waals surface area (Å²) in [4.78, 5) is 5.34. The van der Waals surface area contributed by atoms with E-state index in [2.05, 4.69) is 14.9 Å². The van der Waals surface area contributed by atoms with E-state index in [1.54, 1.807) is 12.1 Å². The maximum Gasteiger partial charge on any atom is 0.236 e. The maximum atomic E-state index is 12.7. The van der Waals surface area contributed by atoms with Crippen molar-refractivity contribution >= 4 is 27.0 Å². The molecule has 2 aromatic carbocycles. The van der Waals surface area contributed by atoms with Crippen LogP contribution >= 0.6 is 11.3 Å². The van der Waals surface area contributed by atoms with Crippen molar-refractivity contribution in [2.24, 2.45) is 0 Å². The summed E-state index contributed by atoms with van der Waals surface area (Å²) in [6.45, 7) is 1.97. The van der Waals surface area contributed by atoms with Crippen LogP contribution < -0.4 is 4.72 Å². The SMILES string of the molecule is Cc1ccc(CS(=O)(=O)Nc2ccccc2Cc2nc(-c3cccs3)no2)cc1. The Labute approximate surface area is 173 Å². The summed E-state index contributed by atoms with van der Waals surface area (Å²) in [5.41, 5.74) is 3.10. The Bertz CT molecular complexity index is 1200. The van der Waals surface area contributed by atoms with Gasteiger partial charge in [-0.3, -0.25) is 4.72 Å². The van der Waals surface area contributed by atoms with Crippen LogP contribution in [0.25, 0.3) is 10.7 Å². The largest absolute Gasteiger partial charge is 0.339 e. The molecular formula is C21H19N3O3S2. The normalized spacial score (nSPS) is 11.5. The first-order chi connectivity index (χ1) is 14.0. The highest BCUT2D eigenvalue weighted by atomic mass is 32.2. The maximum absolute atomic E-state index is 12.7. The van der Waals surface area contributed by atoms with Crippen molar-refractivity contribution in [2.45, 2.75) is 19.1 Å². The predicted molar refractivity (Wildman–Crippen MR) is 114 cm³/mol. The minimum absolute atomic E-state index is 0.0926. The van der Waals surface area contributed by atoms with E-state index in [0.29, 0.717) is 23.8 Å². The predicted octanol–water partition coefficient (Wildman–Crippen LogP) is 4.64. The second-order valence-corrected chi connectivity index (χ2v) is 9.34. The summed E-state index contributed by atoms with van der Waals surface area (Å²) in [5, 5.41) is 5.96. The molecule has 0 atom stereocenters. The van der Waals surface area contributed by atoms with Crippen LogP contribution in [0.2, 0.25) is 0 Å². The average Bonchev–Trinajstić information content (AvgIpc) is 3.36. The fourth-order valence-corrected chi connectivity index (χ4v) is 4.76. The Morgan fingerprint density at radius 1 is 1.03 bits per heavy atom. The Balaban J connectivity index is 1.51. The number of thiophene rings is 1. The number of hydrogen-bond acceptors (Lipinski definition) is 6. The van der Waals surface area contributed by atoms with Crippen molar-refractivity contribution in [3.05, 3.63) is 88.6 Å². The third kappa shape index (κ3) is 4.90. The van der Waals surface area contributed by atoms with Gasteiger partial charge in [-0.25, -0.2) is 8.42 Å². The standard InChI is InChI=1S/C21H19N3O3S2/c1-15-8-10-16(11-9-15)14-29(25,26)24-18-6-3-2-5-17(18)13-20-22-21(23-27-20)19-7-4-12-28-19/h2-12,24H,13-14H2,1H3. The summed E-state index contributed by atoms with van der Waals surface area (Å²) >= 11 is 1.53. The Morgan fingerprint density at radius 2 is 1.83 bits per heavy atom. The van der Waals surface area contributed by atoms with Gasteiger partial charge in [0.1, 0.15) is 0 Å². The fourth-order valence-electron chi connectivity index (χ4n) is 2.88. The first kappa shape index (κ1) is 19.4. The van der Waals surface area contributed by atoms with Crippen LogP contribution in [0, 0.1) is 6.92 Å². The molecule has 0 fully saturated rings. The quantitative estimate of drug-likeness (QED) is 0.466. The van der Waals surface area contributed by atoms with Gasteiger partial charge in [0.2, 0.25) is 21.7 Å². The van der Waals surface area contributed by atoms with E-state index < -0.39 is 10.0 Å². The second-order valence-electron chi connectivity index (χ2n) is 6.67. The van der Waals surface area contributed by atoms with E-state index in [-0.39, 0.29) is 5.75 Å². The molecule has 29 heavy (non-hydrogen) atoms. The molecule has 0 aliphatic carbocycles. The molecule has 148 valence electrons. The Kier molecular flexibility index (Phi) is 5.46. The molecule has 0 unspecified atom stereocenters. The van der Waals surface area contributed by atoms with Crippen molar-refractivity contribution in [1.29, 1.82) is 0 Å². The summed E-state index contributed by atoms with van der Waals surface area (Å²) in [5.74, 6) is 0.871. The topological polar surface area (TPSA) is 85.1 Å². The minimum Gasteiger partial charge on any atom is -0.339 e. The lowest BCUT2D eigenvalue weighted by Crippen LogP contribution is -2.16. The van der Waals surface area contributed by atoms with E-state index in [4.69, 9.17) is 4.52 Å². The molecule has 0 saturated carbocycles. The summed E-state index contributed by atoms with van der Waals surface area (Å²) in [6.07, 6.45) is 0.335.